The lowest BCUT2D eigenvalue weighted by Crippen LogP contribution is -2.44. The highest BCUT2D eigenvalue weighted by molar-refractivity contribution is 8.03. The summed E-state index contributed by atoms with van der Waals surface area (Å²) in [6, 6.07) is 12.1. The average molecular weight is 548 g/mol. The van der Waals surface area contributed by atoms with Crippen molar-refractivity contribution in [1.29, 1.82) is 5.26 Å². The number of halogens is 3. The van der Waals surface area contributed by atoms with Crippen molar-refractivity contribution in [2.24, 2.45) is 5.92 Å². The second-order valence-corrected chi connectivity index (χ2v) is 8.80. The average Bonchev–Trinajstić information content (AvgIpc) is 2.90. The van der Waals surface area contributed by atoms with Crippen LogP contribution >= 0.6 is 11.8 Å². The van der Waals surface area contributed by atoms with E-state index in [0.717, 1.165) is 19.2 Å². The van der Waals surface area contributed by atoms with E-state index in [2.05, 4.69) is 15.4 Å². The van der Waals surface area contributed by atoms with Gasteiger partial charge in [-0.2, -0.15) is 18.4 Å². The number of nitriles is 1. The number of alkyl halides is 3. The van der Waals surface area contributed by atoms with Gasteiger partial charge in [0.05, 0.1) is 53.5 Å². The Labute approximate surface area is 219 Å². The van der Waals surface area contributed by atoms with E-state index in [1.54, 1.807) is 0 Å². The van der Waals surface area contributed by atoms with E-state index in [4.69, 9.17) is 4.74 Å². The zero-order valence-electron chi connectivity index (χ0n) is 19.9. The first-order valence-corrected chi connectivity index (χ1v) is 11.8. The number of benzene rings is 2. The molecule has 1 aliphatic heterocycles. The topological polar surface area (TPSA) is 135 Å². The zero-order valence-corrected chi connectivity index (χ0v) is 20.7. The third-order valence-electron chi connectivity index (χ3n) is 5.53. The molecule has 9 nitrogen and oxygen atoms in total. The first-order chi connectivity index (χ1) is 18.0. The van der Waals surface area contributed by atoms with E-state index < -0.39 is 58.8 Å². The standard InChI is InChI=1S/C25H20F3N3O6S/c1-36-23(34)14-9-7-13(8-10-14)19-15(11-29)22(31-21(33)20(19)24(35)37-2)38-12-18(32)30-17-6-4-3-5-16(17)25(26,27)28/h3-10,19-20H,12H2,1-2H3,(H,30,32)(H,31,33)/t19-,20-/m0/s1. The van der Waals surface area contributed by atoms with Crippen LogP contribution in [0.25, 0.3) is 0 Å². The maximum atomic E-state index is 13.2. The first kappa shape index (κ1) is 28.3. The van der Waals surface area contributed by atoms with Crippen molar-refractivity contribution in [1.82, 2.24) is 5.32 Å². The van der Waals surface area contributed by atoms with E-state index in [0.29, 0.717) is 17.3 Å². The molecule has 0 spiro atoms. The van der Waals surface area contributed by atoms with Crippen LogP contribution in [0.1, 0.15) is 27.4 Å². The molecule has 0 saturated heterocycles. The summed E-state index contributed by atoms with van der Waals surface area (Å²) in [5.74, 6) is -6.18. The molecule has 2 aromatic rings. The van der Waals surface area contributed by atoms with E-state index in [1.807, 2.05) is 6.07 Å². The number of para-hydroxylation sites is 1. The van der Waals surface area contributed by atoms with Crippen LogP contribution in [0.3, 0.4) is 0 Å². The Balaban J connectivity index is 1.91. The number of carbonyl (C=O) groups excluding carboxylic acids is 4. The number of nitrogens with zero attached hydrogens (tertiary/aromatic N) is 1. The maximum Gasteiger partial charge on any atom is 0.418 e. The second-order valence-electron chi connectivity index (χ2n) is 7.82. The number of hydrogen-bond acceptors (Lipinski definition) is 8. The summed E-state index contributed by atoms with van der Waals surface area (Å²) in [6.07, 6.45) is -4.69. The quantitative estimate of drug-likeness (QED) is 0.397. The van der Waals surface area contributed by atoms with E-state index in [9.17, 15) is 37.6 Å². The summed E-state index contributed by atoms with van der Waals surface area (Å²) in [7, 11) is 2.28. The van der Waals surface area contributed by atoms with Gasteiger partial charge in [0.25, 0.3) is 0 Å². The SMILES string of the molecule is COC(=O)c1ccc([C@H]2C(C#N)=C(SCC(=O)Nc3ccccc3C(F)(F)F)NC(=O)[C@H]2C(=O)OC)cc1. The summed E-state index contributed by atoms with van der Waals surface area (Å²) >= 11 is 0.712. The van der Waals surface area contributed by atoms with Crippen LogP contribution in [-0.2, 0) is 30.0 Å². The van der Waals surface area contributed by atoms with Crippen molar-refractivity contribution in [3.8, 4) is 6.07 Å². The fourth-order valence-electron chi connectivity index (χ4n) is 3.79. The van der Waals surface area contributed by atoms with E-state index in [1.165, 1.54) is 43.5 Å². The van der Waals surface area contributed by atoms with Gasteiger partial charge >= 0.3 is 18.1 Å². The molecule has 2 aromatic carbocycles. The Morgan fingerprint density at radius 3 is 2.32 bits per heavy atom. The van der Waals surface area contributed by atoms with Gasteiger partial charge in [-0.05, 0) is 29.8 Å². The Bertz CT molecular complexity index is 1340. The van der Waals surface area contributed by atoms with Crippen LogP contribution < -0.4 is 10.6 Å². The molecule has 0 radical (unpaired) electrons. The van der Waals surface area contributed by atoms with Gasteiger partial charge in [0.2, 0.25) is 11.8 Å². The van der Waals surface area contributed by atoms with Crippen LogP contribution in [0.5, 0.6) is 0 Å². The highest BCUT2D eigenvalue weighted by Gasteiger charge is 2.44. The van der Waals surface area contributed by atoms with Gasteiger partial charge in [-0.1, -0.05) is 36.0 Å². The predicted octanol–water partition coefficient (Wildman–Crippen LogP) is 3.60. The van der Waals surface area contributed by atoms with Gasteiger partial charge in [0, 0.05) is 5.92 Å². The molecule has 2 amide bonds. The Kier molecular flexibility index (Phi) is 8.80. The molecule has 0 saturated carbocycles. The van der Waals surface area contributed by atoms with Crippen molar-refractivity contribution in [3.63, 3.8) is 0 Å². The van der Waals surface area contributed by atoms with Crippen LogP contribution in [-0.4, -0.2) is 43.7 Å². The minimum absolute atomic E-state index is 0.0426. The van der Waals surface area contributed by atoms with Gasteiger partial charge in [-0.15, -0.1) is 0 Å². The second kappa shape index (κ2) is 11.8. The highest BCUT2D eigenvalue weighted by Crippen LogP contribution is 2.40. The molecule has 2 N–H and O–H groups in total. The monoisotopic (exact) mass is 547 g/mol. The molecule has 38 heavy (non-hydrogen) atoms. The zero-order chi connectivity index (χ0) is 28.0. The molecular formula is C25H20F3N3O6S. The number of amides is 2. The summed E-state index contributed by atoms with van der Waals surface area (Å²) in [5.41, 5.74) is -1.01. The summed E-state index contributed by atoms with van der Waals surface area (Å²) in [4.78, 5) is 49.6. The summed E-state index contributed by atoms with van der Waals surface area (Å²) < 4.78 is 49.1. The molecule has 1 aliphatic rings. The summed E-state index contributed by atoms with van der Waals surface area (Å²) in [5, 5.41) is 14.5. The van der Waals surface area contributed by atoms with Crippen molar-refractivity contribution in [2.45, 2.75) is 12.1 Å². The number of ether oxygens (including phenoxy) is 2. The first-order valence-electron chi connectivity index (χ1n) is 10.8. The lowest BCUT2D eigenvalue weighted by molar-refractivity contribution is -0.150. The largest absolute Gasteiger partial charge is 0.468 e. The van der Waals surface area contributed by atoms with Crippen LogP contribution in [0.2, 0.25) is 0 Å². The number of methoxy groups -OCH3 is 2. The van der Waals surface area contributed by atoms with Gasteiger partial charge in [0.15, 0.2) is 0 Å². The van der Waals surface area contributed by atoms with Crippen molar-refractivity contribution >= 4 is 41.2 Å². The minimum Gasteiger partial charge on any atom is -0.468 e. The molecule has 0 fully saturated rings. The minimum atomic E-state index is -4.69. The third kappa shape index (κ3) is 6.15. The van der Waals surface area contributed by atoms with Gasteiger partial charge in [-0.25, -0.2) is 4.79 Å². The number of rotatable bonds is 7. The number of allylic oxidation sites excluding steroid dienone is 1. The molecular weight excluding hydrogens is 527 g/mol. The lowest BCUT2D eigenvalue weighted by atomic mass is 9.78. The molecule has 0 aromatic heterocycles. The number of esters is 2. The molecule has 3 rings (SSSR count). The molecule has 1 heterocycles. The van der Waals surface area contributed by atoms with Crippen molar-refractivity contribution in [2.75, 3.05) is 25.3 Å². The Morgan fingerprint density at radius 1 is 1.08 bits per heavy atom. The smallest absolute Gasteiger partial charge is 0.418 e. The Morgan fingerprint density at radius 2 is 1.74 bits per heavy atom. The van der Waals surface area contributed by atoms with Gasteiger partial charge in [-0.3, -0.25) is 14.4 Å². The van der Waals surface area contributed by atoms with Crippen molar-refractivity contribution < 1.29 is 41.8 Å². The van der Waals surface area contributed by atoms with Gasteiger partial charge < -0.3 is 20.1 Å². The number of nitrogens with one attached hydrogen (secondary N) is 2. The fourth-order valence-corrected chi connectivity index (χ4v) is 4.64. The fraction of sp³-hybridized carbons (Fsp3) is 0.240. The molecule has 0 unspecified atom stereocenters. The van der Waals surface area contributed by atoms with Gasteiger partial charge in [0.1, 0.15) is 5.92 Å². The highest BCUT2D eigenvalue weighted by atomic mass is 32.2. The lowest BCUT2D eigenvalue weighted by Gasteiger charge is -2.31. The maximum absolute atomic E-state index is 13.2. The van der Waals surface area contributed by atoms with Crippen LogP contribution in [0.4, 0.5) is 18.9 Å². The van der Waals surface area contributed by atoms with Crippen LogP contribution in [0, 0.1) is 17.2 Å². The number of thioether (sulfide) groups is 1. The van der Waals surface area contributed by atoms with E-state index in [-0.39, 0.29) is 16.2 Å². The summed E-state index contributed by atoms with van der Waals surface area (Å²) in [6.45, 7) is 0. The molecule has 13 heteroatoms. The Hall–Kier alpha value is -4.31. The molecule has 198 valence electrons. The van der Waals surface area contributed by atoms with Crippen LogP contribution in [0.15, 0.2) is 59.1 Å². The number of anilines is 1. The normalized spacial score (nSPS) is 17.2. The van der Waals surface area contributed by atoms with Crippen molar-refractivity contribution in [3.05, 3.63) is 75.8 Å². The number of hydrogen-bond donors (Lipinski definition) is 2. The van der Waals surface area contributed by atoms with E-state index >= 15 is 0 Å². The molecule has 2 atom stereocenters. The predicted molar refractivity (Wildman–Crippen MR) is 129 cm³/mol. The molecule has 0 aliphatic carbocycles. The number of carbonyl (C=O) groups is 4. The molecule has 0 bridgehead atoms. The third-order valence-corrected chi connectivity index (χ3v) is 6.55.